The van der Waals surface area contributed by atoms with Gasteiger partial charge in [-0.1, -0.05) is 11.6 Å². The summed E-state index contributed by atoms with van der Waals surface area (Å²) in [7, 11) is -7.70. The molecule has 1 aromatic carbocycles. The van der Waals surface area contributed by atoms with Crippen molar-refractivity contribution in [3.05, 3.63) is 23.2 Å². The minimum Gasteiger partial charge on any atom is -0.270 e. The van der Waals surface area contributed by atoms with Crippen LogP contribution in [0.25, 0.3) is 0 Å². The Morgan fingerprint density at radius 3 is 2.37 bits per heavy atom. The van der Waals surface area contributed by atoms with Gasteiger partial charge in [0.15, 0.2) is 0 Å². The highest BCUT2D eigenvalue weighted by molar-refractivity contribution is 7.90. The average molecular weight is 326 g/mol. The highest BCUT2D eigenvalue weighted by Crippen LogP contribution is 2.26. The number of anilines is 1. The van der Waals surface area contributed by atoms with E-state index in [1.165, 1.54) is 12.1 Å². The van der Waals surface area contributed by atoms with Gasteiger partial charge in [0.2, 0.25) is 10.0 Å². The highest BCUT2D eigenvalue weighted by atomic mass is 35.5. The van der Waals surface area contributed by atoms with Gasteiger partial charge < -0.3 is 0 Å². The van der Waals surface area contributed by atoms with Crippen molar-refractivity contribution in [3.8, 4) is 0 Å². The van der Waals surface area contributed by atoms with E-state index in [2.05, 4.69) is 9.44 Å². The normalized spacial score (nSPS) is 16.3. The van der Waals surface area contributed by atoms with E-state index in [-0.39, 0.29) is 21.6 Å². The van der Waals surface area contributed by atoms with E-state index in [0.29, 0.717) is 0 Å². The molecule has 19 heavy (non-hydrogen) atoms. The Morgan fingerprint density at radius 1 is 1.21 bits per heavy atom. The summed E-state index contributed by atoms with van der Waals surface area (Å²) in [4.78, 5) is -0.221. The Hall–Kier alpha value is -0.870. The summed E-state index contributed by atoms with van der Waals surface area (Å²) in [5.74, 6) is 0. The number of sulfonamides is 1. The first-order valence-electron chi connectivity index (χ1n) is 5.30. The van der Waals surface area contributed by atoms with Gasteiger partial charge in [-0.25, -0.2) is 13.6 Å². The van der Waals surface area contributed by atoms with Crippen molar-refractivity contribution in [3.63, 3.8) is 0 Å². The van der Waals surface area contributed by atoms with Gasteiger partial charge in [0.25, 0.3) is 10.2 Å². The summed E-state index contributed by atoms with van der Waals surface area (Å²) in [5, 5.41) is 5.04. The van der Waals surface area contributed by atoms with Gasteiger partial charge in [0.1, 0.15) is 0 Å². The highest BCUT2D eigenvalue weighted by Gasteiger charge is 2.27. The molecule has 106 valence electrons. The molecule has 0 saturated heterocycles. The maximum atomic E-state index is 11.7. The molecule has 0 aromatic heterocycles. The molecule has 0 aliphatic heterocycles. The smallest absolute Gasteiger partial charge is 0.270 e. The summed E-state index contributed by atoms with van der Waals surface area (Å²) in [6.45, 7) is 0. The van der Waals surface area contributed by atoms with E-state index in [1.54, 1.807) is 0 Å². The molecule has 0 amide bonds. The topological polar surface area (TPSA) is 118 Å². The van der Waals surface area contributed by atoms with E-state index in [4.69, 9.17) is 16.7 Å². The molecule has 0 heterocycles. The van der Waals surface area contributed by atoms with Gasteiger partial charge in [-0.05, 0) is 31.0 Å². The fraction of sp³-hybridized carbons (Fsp3) is 0.333. The van der Waals surface area contributed by atoms with E-state index < -0.39 is 20.2 Å². The summed E-state index contributed by atoms with van der Waals surface area (Å²) in [6.07, 6.45) is 1.57. The molecule has 0 radical (unpaired) electrons. The lowest BCUT2D eigenvalue weighted by molar-refractivity contribution is 0.586. The first-order chi connectivity index (χ1) is 8.67. The van der Waals surface area contributed by atoms with E-state index in [0.717, 1.165) is 18.9 Å². The third-order valence-electron chi connectivity index (χ3n) is 2.41. The lowest BCUT2D eigenvalue weighted by atomic mass is 10.3. The number of benzene rings is 1. The van der Waals surface area contributed by atoms with Crippen molar-refractivity contribution in [2.75, 3.05) is 4.72 Å². The van der Waals surface area contributed by atoms with E-state index in [1.807, 2.05) is 0 Å². The molecule has 1 aliphatic carbocycles. The van der Waals surface area contributed by atoms with Crippen LogP contribution in [0.2, 0.25) is 5.02 Å². The fourth-order valence-electron chi connectivity index (χ4n) is 1.35. The zero-order valence-electron chi connectivity index (χ0n) is 9.63. The van der Waals surface area contributed by atoms with Crippen molar-refractivity contribution in [1.82, 2.24) is 4.72 Å². The Bertz CT molecular complexity index is 698. The Balaban J connectivity index is 2.28. The average Bonchev–Trinajstić information content (AvgIpc) is 3.02. The Labute approximate surface area is 116 Å². The van der Waals surface area contributed by atoms with Crippen molar-refractivity contribution in [2.24, 2.45) is 5.14 Å². The van der Waals surface area contributed by atoms with Crippen LogP contribution in [0.15, 0.2) is 23.1 Å². The zero-order valence-corrected chi connectivity index (χ0v) is 12.0. The van der Waals surface area contributed by atoms with Crippen LogP contribution in [0, 0.1) is 0 Å². The van der Waals surface area contributed by atoms with Gasteiger partial charge in [-0.3, -0.25) is 4.72 Å². The molecule has 0 unspecified atom stereocenters. The molecule has 1 aliphatic rings. The Kier molecular flexibility index (Phi) is 3.76. The molecule has 1 fully saturated rings. The summed E-state index contributed by atoms with van der Waals surface area (Å²) in [5.41, 5.74) is -0.0404. The van der Waals surface area contributed by atoms with Crippen molar-refractivity contribution in [1.29, 1.82) is 0 Å². The van der Waals surface area contributed by atoms with E-state index in [9.17, 15) is 16.8 Å². The van der Waals surface area contributed by atoms with Gasteiger partial charge >= 0.3 is 0 Å². The summed E-state index contributed by atoms with van der Waals surface area (Å²) in [6, 6.07) is 3.46. The molecule has 0 spiro atoms. The zero-order chi connectivity index (χ0) is 14.3. The van der Waals surface area contributed by atoms with Crippen molar-refractivity contribution >= 4 is 37.5 Å². The van der Waals surface area contributed by atoms with E-state index >= 15 is 0 Å². The molecule has 2 rings (SSSR count). The maximum absolute atomic E-state index is 11.7. The first kappa shape index (κ1) is 14.5. The number of nitrogens with two attached hydrogens (primary N) is 1. The monoisotopic (exact) mass is 325 g/mol. The van der Waals surface area contributed by atoms with Crippen molar-refractivity contribution in [2.45, 2.75) is 23.8 Å². The van der Waals surface area contributed by atoms with Crippen LogP contribution in [-0.2, 0) is 20.2 Å². The second-order valence-corrected chi connectivity index (χ2v) is 7.60. The second-order valence-electron chi connectivity index (χ2n) is 4.18. The lowest BCUT2D eigenvalue weighted by Gasteiger charge is -2.11. The van der Waals surface area contributed by atoms with Crippen LogP contribution in [0.3, 0.4) is 0 Å². The number of hydrogen-bond donors (Lipinski definition) is 3. The molecule has 4 N–H and O–H groups in total. The fourth-order valence-corrected chi connectivity index (χ4v) is 3.31. The summed E-state index contributed by atoms with van der Waals surface area (Å²) >= 11 is 5.81. The van der Waals surface area contributed by atoms with Crippen LogP contribution in [0.4, 0.5) is 5.69 Å². The van der Waals surface area contributed by atoms with Crippen LogP contribution in [0.5, 0.6) is 0 Å². The van der Waals surface area contributed by atoms with Crippen LogP contribution in [-0.4, -0.2) is 22.9 Å². The lowest BCUT2D eigenvalue weighted by Crippen LogP contribution is -2.31. The second kappa shape index (κ2) is 4.91. The third kappa shape index (κ3) is 4.05. The molecular formula is C9H12ClN3O4S2. The predicted octanol–water partition coefficient (Wildman–Crippen LogP) is 0.396. The van der Waals surface area contributed by atoms with Gasteiger partial charge in [-0.2, -0.15) is 13.1 Å². The number of primary sulfonamides is 1. The quantitative estimate of drug-likeness (QED) is 0.725. The van der Waals surface area contributed by atoms with Crippen molar-refractivity contribution < 1.29 is 16.8 Å². The largest absolute Gasteiger partial charge is 0.299 e. The van der Waals surface area contributed by atoms with Crippen LogP contribution in [0.1, 0.15) is 12.8 Å². The first-order valence-corrected chi connectivity index (χ1v) is 8.70. The van der Waals surface area contributed by atoms with Crippen LogP contribution < -0.4 is 14.6 Å². The standard InChI is InChI=1S/C9H12ClN3O4S2/c10-8-4-3-7(18(11,14)15)5-9(8)13-19(16,17)12-6-1-2-6/h3-6,12-13H,1-2H2,(H2,11,14,15). The minimum absolute atomic E-state index is 0.0404. The maximum Gasteiger partial charge on any atom is 0.299 e. The third-order valence-corrected chi connectivity index (χ3v) is 4.78. The molecule has 7 nitrogen and oxygen atoms in total. The molecule has 1 aromatic rings. The molecule has 1 saturated carbocycles. The molecule has 0 atom stereocenters. The number of hydrogen-bond acceptors (Lipinski definition) is 4. The van der Waals surface area contributed by atoms with Gasteiger partial charge in [0.05, 0.1) is 15.6 Å². The van der Waals surface area contributed by atoms with Gasteiger partial charge in [-0.15, -0.1) is 0 Å². The SMILES string of the molecule is NS(=O)(=O)c1ccc(Cl)c(NS(=O)(=O)NC2CC2)c1. The number of nitrogens with one attached hydrogen (secondary N) is 2. The molecule has 10 heteroatoms. The molecular weight excluding hydrogens is 314 g/mol. The number of rotatable bonds is 5. The summed E-state index contributed by atoms with van der Waals surface area (Å²) < 4.78 is 50.4. The Morgan fingerprint density at radius 2 is 1.84 bits per heavy atom. The predicted molar refractivity (Wildman–Crippen MR) is 71.5 cm³/mol. The minimum atomic E-state index is -3.92. The molecule has 0 bridgehead atoms. The van der Waals surface area contributed by atoms with Crippen LogP contribution >= 0.6 is 11.6 Å². The number of halogens is 1. The van der Waals surface area contributed by atoms with Gasteiger partial charge in [0, 0.05) is 6.04 Å².